The zero-order chi connectivity index (χ0) is 12.1. The first-order valence-electron chi connectivity index (χ1n) is 5.76. The third kappa shape index (κ3) is 3.30. The molecule has 1 aliphatic heterocycles. The van der Waals surface area contributed by atoms with Gasteiger partial charge < -0.3 is 5.32 Å². The average molecular weight is 249 g/mol. The number of nitrogens with one attached hydrogen (secondary N) is 1. The Bertz CT molecular complexity index is 419. The second-order valence-corrected chi connectivity index (χ2v) is 5.06. The van der Waals surface area contributed by atoms with E-state index in [4.69, 9.17) is 0 Å². The molecule has 4 nitrogen and oxygen atoms in total. The molecule has 2 heterocycles. The highest BCUT2D eigenvalue weighted by Crippen LogP contribution is 2.25. The number of thioether (sulfide) groups is 1. The molecule has 1 unspecified atom stereocenters. The Hall–Kier alpha value is -1.36. The van der Waals surface area contributed by atoms with Gasteiger partial charge in [-0.3, -0.25) is 9.78 Å². The number of pyridine rings is 1. The van der Waals surface area contributed by atoms with Gasteiger partial charge in [-0.1, -0.05) is 31.5 Å². The zero-order valence-corrected chi connectivity index (χ0v) is 10.5. The Kier molecular flexibility index (Phi) is 4.14. The highest BCUT2D eigenvalue weighted by atomic mass is 32.2. The molecule has 1 aromatic rings. The molecule has 1 amide bonds. The van der Waals surface area contributed by atoms with Gasteiger partial charge >= 0.3 is 0 Å². The van der Waals surface area contributed by atoms with Crippen molar-refractivity contribution in [2.45, 2.75) is 31.4 Å². The van der Waals surface area contributed by atoms with Gasteiger partial charge in [-0.15, -0.1) is 0 Å². The predicted molar refractivity (Wildman–Crippen MR) is 70.4 cm³/mol. The molecule has 90 valence electrons. The fourth-order valence-electron chi connectivity index (χ4n) is 1.57. The molecule has 2 rings (SSSR count). The minimum absolute atomic E-state index is 0.0189. The summed E-state index contributed by atoms with van der Waals surface area (Å²) < 4.78 is 0. The SMILES string of the molecule is CCCCC1SC(=Nc2cccnc2)NC1=O. The minimum atomic E-state index is 0.0189. The highest BCUT2D eigenvalue weighted by molar-refractivity contribution is 8.15. The third-order valence-electron chi connectivity index (χ3n) is 2.47. The van der Waals surface area contributed by atoms with Crippen LogP contribution in [0.1, 0.15) is 26.2 Å². The fraction of sp³-hybridized carbons (Fsp3) is 0.417. The van der Waals surface area contributed by atoms with Crippen LogP contribution in [-0.4, -0.2) is 21.3 Å². The van der Waals surface area contributed by atoms with Crippen molar-refractivity contribution in [3.05, 3.63) is 24.5 Å². The first-order chi connectivity index (χ1) is 8.29. The first-order valence-corrected chi connectivity index (χ1v) is 6.64. The van der Waals surface area contributed by atoms with Crippen molar-refractivity contribution in [1.82, 2.24) is 10.3 Å². The molecule has 0 spiro atoms. The summed E-state index contributed by atoms with van der Waals surface area (Å²) in [6.45, 7) is 2.13. The quantitative estimate of drug-likeness (QED) is 0.892. The second-order valence-electron chi connectivity index (χ2n) is 3.87. The van der Waals surface area contributed by atoms with Gasteiger partial charge in [-0.05, 0) is 18.6 Å². The van der Waals surface area contributed by atoms with Crippen molar-refractivity contribution in [3.8, 4) is 0 Å². The number of amides is 1. The van der Waals surface area contributed by atoms with Crippen LogP contribution in [-0.2, 0) is 4.79 Å². The molecule has 5 heteroatoms. The molecule has 1 aliphatic rings. The second kappa shape index (κ2) is 5.82. The van der Waals surface area contributed by atoms with Crippen molar-refractivity contribution < 1.29 is 4.79 Å². The van der Waals surface area contributed by atoms with Gasteiger partial charge in [0.25, 0.3) is 0 Å². The Morgan fingerprint density at radius 1 is 1.59 bits per heavy atom. The smallest absolute Gasteiger partial charge is 0.239 e. The van der Waals surface area contributed by atoms with Crippen molar-refractivity contribution in [3.63, 3.8) is 0 Å². The Labute approximate surface area is 105 Å². The van der Waals surface area contributed by atoms with Crippen LogP contribution in [0, 0.1) is 0 Å². The molecule has 0 radical (unpaired) electrons. The van der Waals surface area contributed by atoms with Crippen molar-refractivity contribution in [1.29, 1.82) is 0 Å². The van der Waals surface area contributed by atoms with E-state index in [0.717, 1.165) is 24.9 Å². The van der Waals surface area contributed by atoms with E-state index in [1.54, 1.807) is 12.4 Å². The highest BCUT2D eigenvalue weighted by Gasteiger charge is 2.29. The molecular formula is C12H15N3OS. The van der Waals surface area contributed by atoms with Crippen LogP contribution in [0.2, 0.25) is 0 Å². The molecule has 1 saturated heterocycles. The van der Waals surface area contributed by atoms with Crippen LogP contribution in [0.3, 0.4) is 0 Å². The Balaban J connectivity index is 2.01. The number of nitrogens with zero attached hydrogens (tertiary/aromatic N) is 2. The summed E-state index contributed by atoms with van der Waals surface area (Å²) >= 11 is 1.52. The van der Waals surface area contributed by atoms with Crippen LogP contribution in [0.5, 0.6) is 0 Å². The lowest BCUT2D eigenvalue weighted by Gasteiger charge is -2.01. The first kappa shape index (κ1) is 12.1. The van der Waals surface area contributed by atoms with E-state index in [-0.39, 0.29) is 11.2 Å². The molecule has 0 saturated carbocycles. The van der Waals surface area contributed by atoms with E-state index in [2.05, 4.69) is 22.2 Å². The standard InChI is InChI=1S/C12H15N3OS/c1-2-3-6-10-11(16)15-12(17-10)14-9-5-4-7-13-8-9/h4-5,7-8,10H,2-3,6H2,1H3,(H,14,15,16). The number of amidine groups is 1. The number of unbranched alkanes of at least 4 members (excludes halogenated alkanes) is 1. The molecule has 0 aromatic carbocycles. The lowest BCUT2D eigenvalue weighted by molar-refractivity contribution is -0.118. The average Bonchev–Trinajstić information content (AvgIpc) is 2.68. The number of aromatic nitrogens is 1. The lowest BCUT2D eigenvalue weighted by atomic mass is 10.2. The molecule has 1 fully saturated rings. The van der Waals surface area contributed by atoms with Crippen LogP contribution >= 0.6 is 11.8 Å². The summed E-state index contributed by atoms with van der Waals surface area (Å²) in [7, 11) is 0. The van der Waals surface area contributed by atoms with E-state index in [0.29, 0.717) is 5.17 Å². The maximum atomic E-state index is 11.7. The minimum Gasteiger partial charge on any atom is -0.304 e. The Morgan fingerprint density at radius 2 is 2.47 bits per heavy atom. The number of carbonyl (C=O) groups excluding carboxylic acids is 1. The summed E-state index contributed by atoms with van der Waals surface area (Å²) in [6, 6.07) is 3.70. The molecule has 1 N–H and O–H groups in total. The van der Waals surface area contributed by atoms with Crippen LogP contribution in [0.15, 0.2) is 29.5 Å². The van der Waals surface area contributed by atoms with E-state index in [1.807, 2.05) is 12.1 Å². The van der Waals surface area contributed by atoms with Crippen molar-refractivity contribution in [2.75, 3.05) is 0 Å². The number of hydrogen-bond acceptors (Lipinski definition) is 4. The summed E-state index contributed by atoms with van der Waals surface area (Å²) in [5, 5.41) is 3.51. The van der Waals surface area contributed by atoms with Gasteiger partial charge in [0.05, 0.1) is 17.1 Å². The zero-order valence-electron chi connectivity index (χ0n) is 9.72. The topological polar surface area (TPSA) is 54.4 Å². The van der Waals surface area contributed by atoms with E-state index in [9.17, 15) is 4.79 Å². The summed E-state index contributed by atoms with van der Waals surface area (Å²) in [4.78, 5) is 20.0. The summed E-state index contributed by atoms with van der Waals surface area (Å²) in [5.41, 5.74) is 0.770. The monoisotopic (exact) mass is 249 g/mol. The van der Waals surface area contributed by atoms with Gasteiger partial charge in [0.15, 0.2) is 5.17 Å². The number of rotatable bonds is 4. The number of hydrogen-bond donors (Lipinski definition) is 1. The Morgan fingerprint density at radius 3 is 3.18 bits per heavy atom. The van der Waals surface area contributed by atoms with E-state index >= 15 is 0 Å². The molecule has 0 bridgehead atoms. The normalized spacial score (nSPS) is 21.8. The molecule has 0 aliphatic carbocycles. The third-order valence-corrected chi connectivity index (χ3v) is 3.62. The summed E-state index contributed by atoms with van der Waals surface area (Å²) in [6.07, 6.45) is 6.48. The van der Waals surface area contributed by atoms with Gasteiger partial charge in [-0.25, -0.2) is 4.99 Å². The maximum Gasteiger partial charge on any atom is 0.239 e. The van der Waals surface area contributed by atoms with Crippen LogP contribution in [0.4, 0.5) is 5.69 Å². The maximum absolute atomic E-state index is 11.7. The molecule has 1 aromatic heterocycles. The van der Waals surface area contributed by atoms with Gasteiger partial charge in [0.2, 0.25) is 5.91 Å². The van der Waals surface area contributed by atoms with Gasteiger partial charge in [0, 0.05) is 6.20 Å². The fourth-order valence-corrected chi connectivity index (χ4v) is 2.61. The lowest BCUT2D eigenvalue weighted by Crippen LogP contribution is -2.24. The predicted octanol–water partition coefficient (Wildman–Crippen LogP) is 2.49. The molecule has 17 heavy (non-hydrogen) atoms. The largest absolute Gasteiger partial charge is 0.304 e. The van der Waals surface area contributed by atoms with E-state index < -0.39 is 0 Å². The summed E-state index contributed by atoms with van der Waals surface area (Å²) in [5.74, 6) is 0.0751. The van der Waals surface area contributed by atoms with Crippen molar-refractivity contribution >= 4 is 28.5 Å². The molecule has 1 atom stereocenters. The number of carbonyl (C=O) groups is 1. The van der Waals surface area contributed by atoms with Crippen LogP contribution in [0.25, 0.3) is 0 Å². The van der Waals surface area contributed by atoms with E-state index in [1.165, 1.54) is 11.8 Å². The van der Waals surface area contributed by atoms with Gasteiger partial charge in [0.1, 0.15) is 0 Å². The van der Waals surface area contributed by atoms with Crippen molar-refractivity contribution in [2.24, 2.45) is 4.99 Å². The van der Waals surface area contributed by atoms with Crippen LogP contribution < -0.4 is 5.32 Å². The van der Waals surface area contributed by atoms with Gasteiger partial charge in [-0.2, -0.15) is 0 Å². The number of aliphatic imine (C=N–C) groups is 1. The molecular weight excluding hydrogens is 234 g/mol.